The molecule has 27 heavy (non-hydrogen) atoms. The number of nitrogens with one attached hydrogen (secondary N) is 2. The van der Waals surface area contributed by atoms with Gasteiger partial charge in [0, 0.05) is 18.1 Å². The third-order valence-electron chi connectivity index (χ3n) is 3.98. The summed E-state index contributed by atoms with van der Waals surface area (Å²) in [7, 11) is 1.54. The van der Waals surface area contributed by atoms with E-state index in [1.165, 1.54) is 0 Å². The second-order valence-corrected chi connectivity index (χ2v) is 6.31. The Balaban J connectivity index is 0.00000364. The standard InChI is InChI=1S/C20H26ClN3O2.HI/c1-4-22-20(24-14(2)16-7-5-6-8-17(16)21)23-12-11-15-9-10-18(25)19(13-15)26-3;/h5-10,13-14,25H,4,11-12H2,1-3H3,(H2,22,23,24);1H. The summed E-state index contributed by atoms with van der Waals surface area (Å²) in [4.78, 5) is 4.63. The van der Waals surface area contributed by atoms with Gasteiger partial charge in [-0.15, -0.1) is 24.0 Å². The van der Waals surface area contributed by atoms with Crippen LogP contribution in [0.4, 0.5) is 0 Å². The number of nitrogens with zero attached hydrogens (tertiary/aromatic N) is 1. The van der Waals surface area contributed by atoms with Crippen molar-refractivity contribution in [3.05, 3.63) is 58.6 Å². The quantitative estimate of drug-likeness (QED) is 0.295. The van der Waals surface area contributed by atoms with Crippen LogP contribution in [0, 0.1) is 0 Å². The van der Waals surface area contributed by atoms with Gasteiger partial charge in [-0.25, -0.2) is 0 Å². The van der Waals surface area contributed by atoms with Gasteiger partial charge in [0.15, 0.2) is 17.5 Å². The van der Waals surface area contributed by atoms with Gasteiger partial charge in [-0.2, -0.15) is 0 Å². The molecule has 2 aromatic carbocycles. The molecule has 7 heteroatoms. The third kappa shape index (κ3) is 7.10. The number of phenols is 1. The van der Waals surface area contributed by atoms with E-state index in [1.807, 2.05) is 43.3 Å². The molecule has 0 aliphatic rings. The molecule has 1 atom stereocenters. The van der Waals surface area contributed by atoms with E-state index in [9.17, 15) is 5.11 Å². The van der Waals surface area contributed by atoms with Crippen molar-refractivity contribution in [3.63, 3.8) is 0 Å². The molecule has 3 N–H and O–H groups in total. The van der Waals surface area contributed by atoms with Crippen LogP contribution in [0.15, 0.2) is 47.5 Å². The summed E-state index contributed by atoms with van der Waals surface area (Å²) >= 11 is 6.27. The Morgan fingerprint density at radius 2 is 2.00 bits per heavy atom. The van der Waals surface area contributed by atoms with Crippen LogP contribution in [0.3, 0.4) is 0 Å². The predicted octanol–water partition coefficient (Wildman–Crippen LogP) is 4.53. The van der Waals surface area contributed by atoms with E-state index in [1.54, 1.807) is 13.2 Å². The van der Waals surface area contributed by atoms with E-state index in [-0.39, 0.29) is 35.8 Å². The lowest BCUT2D eigenvalue weighted by Gasteiger charge is -2.19. The van der Waals surface area contributed by atoms with Gasteiger partial charge < -0.3 is 20.5 Å². The van der Waals surface area contributed by atoms with Crippen molar-refractivity contribution in [2.24, 2.45) is 4.99 Å². The summed E-state index contributed by atoms with van der Waals surface area (Å²) in [5.74, 6) is 1.36. The van der Waals surface area contributed by atoms with Crippen molar-refractivity contribution in [1.29, 1.82) is 0 Å². The van der Waals surface area contributed by atoms with Crippen molar-refractivity contribution in [1.82, 2.24) is 10.6 Å². The maximum absolute atomic E-state index is 9.66. The average molecular weight is 504 g/mol. The molecule has 0 spiro atoms. The van der Waals surface area contributed by atoms with Crippen molar-refractivity contribution in [2.75, 3.05) is 20.2 Å². The lowest BCUT2D eigenvalue weighted by molar-refractivity contribution is 0.373. The molecule has 0 saturated heterocycles. The minimum atomic E-state index is 0. The SMILES string of the molecule is CCNC(=NCCc1ccc(O)c(OC)c1)NC(C)c1ccccc1Cl.I. The zero-order valence-corrected chi connectivity index (χ0v) is 18.9. The minimum absolute atomic E-state index is 0. The van der Waals surface area contributed by atoms with Crippen LogP contribution in [0.5, 0.6) is 11.5 Å². The predicted molar refractivity (Wildman–Crippen MR) is 123 cm³/mol. The Morgan fingerprint density at radius 1 is 1.26 bits per heavy atom. The first-order valence-corrected chi connectivity index (χ1v) is 9.08. The van der Waals surface area contributed by atoms with Crippen LogP contribution in [-0.4, -0.2) is 31.3 Å². The second-order valence-electron chi connectivity index (χ2n) is 5.90. The molecule has 0 bridgehead atoms. The molecule has 0 fully saturated rings. The maximum Gasteiger partial charge on any atom is 0.191 e. The van der Waals surface area contributed by atoms with Gasteiger partial charge in [0.1, 0.15) is 0 Å². The Labute approximate surface area is 183 Å². The first kappa shape index (κ1) is 23.4. The van der Waals surface area contributed by atoms with E-state index in [2.05, 4.69) is 22.5 Å². The summed E-state index contributed by atoms with van der Waals surface area (Å²) in [6.07, 6.45) is 0.744. The summed E-state index contributed by atoms with van der Waals surface area (Å²) < 4.78 is 5.14. The molecule has 0 saturated carbocycles. The summed E-state index contributed by atoms with van der Waals surface area (Å²) in [6, 6.07) is 13.2. The number of halogens is 2. The molecule has 148 valence electrons. The van der Waals surface area contributed by atoms with Crippen LogP contribution in [0.2, 0.25) is 5.02 Å². The Bertz CT molecular complexity index is 756. The number of aliphatic imine (C=N–C) groups is 1. The molecule has 5 nitrogen and oxygen atoms in total. The number of guanidine groups is 1. The molecule has 1 unspecified atom stereocenters. The van der Waals surface area contributed by atoms with Gasteiger partial charge in [-0.3, -0.25) is 4.99 Å². The fourth-order valence-corrected chi connectivity index (χ4v) is 2.90. The van der Waals surface area contributed by atoms with Crippen molar-refractivity contribution in [3.8, 4) is 11.5 Å². The monoisotopic (exact) mass is 503 g/mol. The van der Waals surface area contributed by atoms with Gasteiger partial charge in [0.05, 0.1) is 13.2 Å². The first-order chi connectivity index (χ1) is 12.5. The number of ether oxygens (including phenoxy) is 1. The zero-order chi connectivity index (χ0) is 18.9. The summed E-state index contributed by atoms with van der Waals surface area (Å²) in [5, 5.41) is 17.0. The fraction of sp³-hybridized carbons (Fsp3) is 0.350. The number of rotatable bonds is 7. The average Bonchev–Trinajstić information content (AvgIpc) is 2.63. The van der Waals surface area contributed by atoms with Gasteiger partial charge in [-0.1, -0.05) is 35.9 Å². The topological polar surface area (TPSA) is 65.9 Å². The Morgan fingerprint density at radius 3 is 2.67 bits per heavy atom. The first-order valence-electron chi connectivity index (χ1n) is 8.70. The molecular weight excluding hydrogens is 477 g/mol. The zero-order valence-electron chi connectivity index (χ0n) is 15.8. The molecular formula is C20H27ClIN3O2. The van der Waals surface area contributed by atoms with Gasteiger partial charge >= 0.3 is 0 Å². The van der Waals surface area contributed by atoms with E-state index in [4.69, 9.17) is 16.3 Å². The number of benzene rings is 2. The summed E-state index contributed by atoms with van der Waals surface area (Å²) in [5.41, 5.74) is 2.08. The number of phenolic OH excluding ortho intramolecular Hbond substituents is 1. The molecule has 2 rings (SSSR count). The van der Waals surface area contributed by atoms with Crippen molar-refractivity contribution >= 4 is 41.5 Å². The number of hydrogen-bond acceptors (Lipinski definition) is 3. The molecule has 0 aliphatic carbocycles. The Hall–Kier alpha value is -1.67. The number of hydrogen-bond donors (Lipinski definition) is 3. The largest absolute Gasteiger partial charge is 0.504 e. The molecule has 0 heterocycles. The van der Waals surface area contributed by atoms with Crippen LogP contribution >= 0.6 is 35.6 Å². The lowest BCUT2D eigenvalue weighted by Crippen LogP contribution is -2.39. The van der Waals surface area contributed by atoms with Gasteiger partial charge in [0.25, 0.3) is 0 Å². The molecule has 0 aliphatic heterocycles. The van der Waals surface area contributed by atoms with E-state index in [0.717, 1.165) is 35.1 Å². The molecule has 0 radical (unpaired) electrons. The van der Waals surface area contributed by atoms with Crippen LogP contribution in [0.1, 0.15) is 31.0 Å². The molecule has 0 aromatic heterocycles. The number of methoxy groups -OCH3 is 1. The highest BCUT2D eigenvalue weighted by Gasteiger charge is 2.10. The normalized spacial score (nSPS) is 12.1. The molecule has 0 amide bonds. The summed E-state index contributed by atoms with van der Waals surface area (Å²) in [6.45, 7) is 5.47. The van der Waals surface area contributed by atoms with E-state index in [0.29, 0.717) is 12.3 Å². The van der Waals surface area contributed by atoms with Crippen molar-refractivity contribution in [2.45, 2.75) is 26.3 Å². The maximum atomic E-state index is 9.66. The van der Waals surface area contributed by atoms with Gasteiger partial charge in [0.2, 0.25) is 0 Å². The minimum Gasteiger partial charge on any atom is -0.504 e. The third-order valence-corrected chi connectivity index (χ3v) is 4.33. The van der Waals surface area contributed by atoms with Crippen LogP contribution < -0.4 is 15.4 Å². The highest BCUT2D eigenvalue weighted by atomic mass is 127. The highest BCUT2D eigenvalue weighted by molar-refractivity contribution is 14.0. The van der Waals surface area contributed by atoms with Crippen LogP contribution in [-0.2, 0) is 6.42 Å². The van der Waals surface area contributed by atoms with Crippen LogP contribution in [0.25, 0.3) is 0 Å². The van der Waals surface area contributed by atoms with Gasteiger partial charge in [-0.05, 0) is 49.6 Å². The van der Waals surface area contributed by atoms with E-state index >= 15 is 0 Å². The van der Waals surface area contributed by atoms with Crippen molar-refractivity contribution < 1.29 is 9.84 Å². The second kappa shape index (κ2) is 11.9. The number of aromatic hydroxyl groups is 1. The molecule has 2 aromatic rings. The smallest absolute Gasteiger partial charge is 0.191 e. The Kier molecular flexibility index (Phi) is 10.3. The fourth-order valence-electron chi connectivity index (χ4n) is 2.60. The van der Waals surface area contributed by atoms with E-state index < -0.39 is 0 Å². The lowest BCUT2D eigenvalue weighted by atomic mass is 10.1. The highest BCUT2D eigenvalue weighted by Crippen LogP contribution is 2.26.